The fourth-order valence-corrected chi connectivity index (χ4v) is 1.72. The summed E-state index contributed by atoms with van der Waals surface area (Å²) in [7, 11) is 0. The minimum atomic E-state index is 0.110. The van der Waals surface area contributed by atoms with Crippen molar-refractivity contribution in [2.45, 2.75) is 26.9 Å². The molecule has 0 radical (unpaired) electrons. The highest BCUT2D eigenvalue weighted by molar-refractivity contribution is 5.61. The summed E-state index contributed by atoms with van der Waals surface area (Å²) in [5, 5.41) is 12.1. The molecule has 1 heterocycles. The minimum absolute atomic E-state index is 0.110. The lowest BCUT2D eigenvalue weighted by atomic mass is 9.88. The Kier molecular flexibility index (Phi) is 2.51. The van der Waals surface area contributed by atoms with Crippen LogP contribution in [0.1, 0.15) is 26.3 Å². The molecule has 0 aliphatic carbocycles. The average Bonchev–Trinajstić information content (AvgIpc) is 2.26. The molecule has 84 valence electrons. The standard InChI is InChI=1S/C13H16N2O/c1-13(2,3)12-8-15-10-6-9(7-14)4-5-11(10)16-12/h4-6,12,15H,8H2,1-3H3. The van der Waals surface area contributed by atoms with Gasteiger partial charge in [0.15, 0.2) is 0 Å². The molecule has 1 atom stereocenters. The largest absolute Gasteiger partial charge is 0.486 e. The van der Waals surface area contributed by atoms with E-state index in [1.807, 2.05) is 12.1 Å². The Balaban J connectivity index is 2.26. The van der Waals surface area contributed by atoms with Crippen molar-refractivity contribution in [3.05, 3.63) is 23.8 Å². The van der Waals surface area contributed by atoms with E-state index in [4.69, 9.17) is 10.00 Å². The molecule has 1 unspecified atom stereocenters. The van der Waals surface area contributed by atoms with Gasteiger partial charge < -0.3 is 10.1 Å². The van der Waals surface area contributed by atoms with Crippen molar-refractivity contribution in [3.8, 4) is 11.8 Å². The van der Waals surface area contributed by atoms with Crippen molar-refractivity contribution in [3.63, 3.8) is 0 Å². The van der Waals surface area contributed by atoms with Gasteiger partial charge in [-0.1, -0.05) is 20.8 Å². The number of nitrogens with zero attached hydrogens (tertiary/aromatic N) is 1. The summed E-state index contributed by atoms with van der Waals surface area (Å²) < 4.78 is 5.92. The van der Waals surface area contributed by atoms with Crippen LogP contribution < -0.4 is 10.1 Å². The van der Waals surface area contributed by atoms with E-state index in [1.54, 1.807) is 6.07 Å². The van der Waals surface area contributed by atoms with Crippen molar-refractivity contribution in [1.29, 1.82) is 5.26 Å². The third-order valence-electron chi connectivity index (χ3n) is 2.82. The molecule has 0 fully saturated rings. The van der Waals surface area contributed by atoms with Crippen LogP contribution in [-0.2, 0) is 0 Å². The monoisotopic (exact) mass is 216 g/mol. The van der Waals surface area contributed by atoms with E-state index in [0.29, 0.717) is 5.56 Å². The molecule has 3 nitrogen and oxygen atoms in total. The van der Waals surface area contributed by atoms with E-state index in [2.05, 4.69) is 32.2 Å². The van der Waals surface area contributed by atoms with Crippen molar-refractivity contribution in [2.24, 2.45) is 5.41 Å². The maximum absolute atomic E-state index is 8.80. The van der Waals surface area contributed by atoms with Gasteiger partial charge in [0.1, 0.15) is 11.9 Å². The fourth-order valence-electron chi connectivity index (χ4n) is 1.72. The highest BCUT2D eigenvalue weighted by Gasteiger charge is 2.30. The maximum Gasteiger partial charge on any atom is 0.143 e. The molecular weight excluding hydrogens is 200 g/mol. The van der Waals surface area contributed by atoms with Gasteiger partial charge in [-0.2, -0.15) is 5.26 Å². The molecule has 1 aliphatic rings. The summed E-state index contributed by atoms with van der Waals surface area (Å²) in [5.74, 6) is 0.838. The number of ether oxygens (including phenoxy) is 1. The summed E-state index contributed by atoms with van der Waals surface area (Å²) >= 11 is 0. The Bertz CT molecular complexity index is 440. The zero-order valence-corrected chi connectivity index (χ0v) is 9.87. The fraction of sp³-hybridized carbons (Fsp3) is 0.462. The van der Waals surface area contributed by atoms with Crippen LogP contribution in [0, 0.1) is 16.7 Å². The molecule has 2 rings (SSSR count). The zero-order chi connectivity index (χ0) is 11.8. The molecule has 3 heteroatoms. The summed E-state index contributed by atoms with van der Waals surface area (Å²) in [5.41, 5.74) is 1.68. The van der Waals surface area contributed by atoms with E-state index in [9.17, 15) is 0 Å². The van der Waals surface area contributed by atoms with Gasteiger partial charge in [-0.05, 0) is 18.2 Å². The molecule has 16 heavy (non-hydrogen) atoms. The Morgan fingerprint density at radius 1 is 1.44 bits per heavy atom. The Morgan fingerprint density at radius 2 is 2.19 bits per heavy atom. The van der Waals surface area contributed by atoms with E-state index in [1.165, 1.54) is 0 Å². The van der Waals surface area contributed by atoms with Crippen molar-refractivity contribution in [1.82, 2.24) is 0 Å². The van der Waals surface area contributed by atoms with Crippen LogP contribution in [0.5, 0.6) is 5.75 Å². The van der Waals surface area contributed by atoms with Crippen LogP contribution in [0.3, 0.4) is 0 Å². The van der Waals surface area contributed by atoms with Gasteiger partial charge in [0.05, 0.1) is 23.9 Å². The summed E-state index contributed by atoms with van der Waals surface area (Å²) in [6.45, 7) is 7.27. The van der Waals surface area contributed by atoms with E-state index in [-0.39, 0.29) is 11.5 Å². The van der Waals surface area contributed by atoms with Crippen LogP contribution in [0.4, 0.5) is 5.69 Å². The first-order valence-corrected chi connectivity index (χ1v) is 5.45. The lowest BCUT2D eigenvalue weighted by molar-refractivity contribution is 0.0922. The molecule has 1 aromatic rings. The first-order chi connectivity index (χ1) is 7.50. The number of fused-ring (bicyclic) bond motifs is 1. The summed E-state index contributed by atoms with van der Waals surface area (Å²) in [4.78, 5) is 0. The molecule has 1 aliphatic heterocycles. The van der Waals surface area contributed by atoms with Gasteiger partial charge in [0.25, 0.3) is 0 Å². The number of anilines is 1. The first-order valence-electron chi connectivity index (χ1n) is 5.45. The highest BCUT2D eigenvalue weighted by Crippen LogP contribution is 2.34. The van der Waals surface area contributed by atoms with Gasteiger partial charge in [0.2, 0.25) is 0 Å². The SMILES string of the molecule is CC(C)(C)C1CNc2cc(C#N)ccc2O1. The van der Waals surface area contributed by atoms with Crippen LogP contribution in [0.2, 0.25) is 0 Å². The van der Waals surface area contributed by atoms with E-state index >= 15 is 0 Å². The van der Waals surface area contributed by atoms with E-state index < -0.39 is 0 Å². The first kappa shape index (κ1) is 10.8. The second-order valence-electron chi connectivity index (χ2n) is 5.18. The smallest absolute Gasteiger partial charge is 0.143 e. The molecule has 1 N–H and O–H groups in total. The lowest BCUT2D eigenvalue weighted by Crippen LogP contribution is -2.40. The van der Waals surface area contributed by atoms with Gasteiger partial charge >= 0.3 is 0 Å². The molecular formula is C13H16N2O. The van der Waals surface area contributed by atoms with Crippen LogP contribution >= 0.6 is 0 Å². The predicted octanol–water partition coefficient (Wildman–Crippen LogP) is 2.78. The third-order valence-corrected chi connectivity index (χ3v) is 2.82. The third kappa shape index (κ3) is 1.96. The molecule has 0 bridgehead atoms. The Morgan fingerprint density at radius 3 is 2.81 bits per heavy atom. The van der Waals surface area contributed by atoms with Gasteiger partial charge in [-0.25, -0.2) is 0 Å². The normalized spacial score (nSPS) is 19.0. The molecule has 0 spiro atoms. The van der Waals surface area contributed by atoms with Gasteiger partial charge in [0, 0.05) is 5.41 Å². The number of nitrogens with one attached hydrogen (secondary N) is 1. The molecule has 0 saturated heterocycles. The topological polar surface area (TPSA) is 45.0 Å². The predicted molar refractivity (Wildman–Crippen MR) is 63.5 cm³/mol. The highest BCUT2D eigenvalue weighted by atomic mass is 16.5. The number of nitriles is 1. The Labute approximate surface area is 96.0 Å². The number of hydrogen-bond acceptors (Lipinski definition) is 3. The average molecular weight is 216 g/mol. The lowest BCUT2D eigenvalue weighted by Gasteiger charge is -2.35. The summed E-state index contributed by atoms with van der Waals surface area (Å²) in [6.07, 6.45) is 0.160. The molecule has 1 aromatic carbocycles. The number of hydrogen-bond donors (Lipinski definition) is 1. The maximum atomic E-state index is 8.80. The van der Waals surface area contributed by atoms with Crippen molar-refractivity contribution >= 4 is 5.69 Å². The minimum Gasteiger partial charge on any atom is -0.486 e. The number of benzene rings is 1. The van der Waals surface area contributed by atoms with Crippen LogP contribution in [0.15, 0.2) is 18.2 Å². The zero-order valence-electron chi connectivity index (χ0n) is 9.87. The molecule has 0 saturated carbocycles. The summed E-state index contributed by atoms with van der Waals surface area (Å²) in [6, 6.07) is 7.59. The van der Waals surface area contributed by atoms with Crippen LogP contribution in [-0.4, -0.2) is 12.6 Å². The second kappa shape index (κ2) is 3.71. The van der Waals surface area contributed by atoms with Crippen LogP contribution in [0.25, 0.3) is 0 Å². The van der Waals surface area contributed by atoms with Crippen molar-refractivity contribution in [2.75, 3.05) is 11.9 Å². The van der Waals surface area contributed by atoms with Gasteiger partial charge in [-0.3, -0.25) is 0 Å². The van der Waals surface area contributed by atoms with Gasteiger partial charge in [-0.15, -0.1) is 0 Å². The van der Waals surface area contributed by atoms with Crippen molar-refractivity contribution < 1.29 is 4.74 Å². The van der Waals surface area contributed by atoms with E-state index in [0.717, 1.165) is 18.0 Å². The number of rotatable bonds is 0. The second-order valence-corrected chi connectivity index (χ2v) is 5.18. The quantitative estimate of drug-likeness (QED) is 0.725. The Hall–Kier alpha value is -1.69. The molecule has 0 amide bonds. The molecule has 0 aromatic heterocycles.